The standard InChI is InChI=1S/C12H14BrNO2/c1-7-4-9(5-7)14-12(16)8-2-3-10(13)11(15)6-8/h2-3,6-7,9,15H,4-5H2,1H3,(H,14,16). The molecule has 0 radical (unpaired) electrons. The van der Waals surface area contributed by atoms with Crippen LogP contribution >= 0.6 is 15.9 Å². The molecule has 16 heavy (non-hydrogen) atoms. The lowest BCUT2D eigenvalue weighted by Crippen LogP contribution is -2.43. The lowest BCUT2D eigenvalue weighted by Gasteiger charge is -2.33. The van der Waals surface area contributed by atoms with E-state index in [1.807, 2.05) is 0 Å². The van der Waals surface area contributed by atoms with Gasteiger partial charge in [-0.15, -0.1) is 0 Å². The first-order valence-corrected chi connectivity index (χ1v) is 6.15. The van der Waals surface area contributed by atoms with Gasteiger partial charge in [-0.3, -0.25) is 4.79 Å². The summed E-state index contributed by atoms with van der Waals surface area (Å²) in [5.74, 6) is 0.693. The van der Waals surface area contributed by atoms with Crippen LogP contribution in [0.15, 0.2) is 22.7 Å². The van der Waals surface area contributed by atoms with Gasteiger partial charge in [0.05, 0.1) is 4.47 Å². The molecule has 0 atom stereocenters. The van der Waals surface area contributed by atoms with Gasteiger partial charge >= 0.3 is 0 Å². The minimum absolute atomic E-state index is 0.0922. The maximum Gasteiger partial charge on any atom is 0.251 e. The second-order valence-electron chi connectivity index (χ2n) is 4.41. The molecule has 1 fully saturated rings. The molecule has 1 aliphatic carbocycles. The average molecular weight is 284 g/mol. The Hall–Kier alpha value is -1.03. The van der Waals surface area contributed by atoms with E-state index in [2.05, 4.69) is 28.2 Å². The average Bonchev–Trinajstić information content (AvgIpc) is 2.19. The summed E-state index contributed by atoms with van der Waals surface area (Å²) in [6.07, 6.45) is 2.10. The number of hydrogen-bond donors (Lipinski definition) is 2. The molecule has 3 nitrogen and oxygen atoms in total. The lowest BCUT2D eigenvalue weighted by atomic mass is 9.82. The molecule has 1 saturated carbocycles. The number of halogens is 1. The van der Waals surface area contributed by atoms with Gasteiger partial charge in [0, 0.05) is 11.6 Å². The lowest BCUT2D eigenvalue weighted by molar-refractivity contribution is 0.0895. The van der Waals surface area contributed by atoms with E-state index in [9.17, 15) is 9.90 Å². The molecule has 1 aromatic rings. The van der Waals surface area contributed by atoms with Crippen molar-refractivity contribution in [1.29, 1.82) is 0 Å². The van der Waals surface area contributed by atoms with Gasteiger partial charge in [-0.25, -0.2) is 0 Å². The summed E-state index contributed by atoms with van der Waals surface area (Å²) in [6, 6.07) is 5.14. The molecule has 0 aromatic heterocycles. The zero-order valence-electron chi connectivity index (χ0n) is 9.03. The Morgan fingerprint density at radius 2 is 2.19 bits per heavy atom. The monoisotopic (exact) mass is 283 g/mol. The van der Waals surface area contributed by atoms with Crippen LogP contribution in [0.3, 0.4) is 0 Å². The van der Waals surface area contributed by atoms with Crippen molar-refractivity contribution < 1.29 is 9.90 Å². The normalized spacial score (nSPS) is 23.6. The summed E-state index contributed by atoms with van der Waals surface area (Å²) in [5.41, 5.74) is 0.500. The molecule has 0 bridgehead atoms. The number of hydrogen-bond acceptors (Lipinski definition) is 2. The van der Waals surface area contributed by atoms with Crippen molar-refractivity contribution >= 4 is 21.8 Å². The fourth-order valence-corrected chi connectivity index (χ4v) is 2.19. The third kappa shape index (κ3) is 2.38. The molecule has 0 heterocycles. The van der Waals surface area contributed by atoms with E-state index in [1.54, 1.807) is 12.1 Å². The molecule has 86 valence electrons. The highest BCUT2D eigenvalue weighted by Crippen LogP contribution is 2.27. The molecule has 2 rings (SSSR count). The molecule has 0 unspecified atom stereocenters. The summed E-state index contributed by atoms with van der Waals surface area (Å²) in [4.78, 5) is 11.8. The number of aromatic hydroxyl groups is 1. The van der Waals surface area contributed by atoms with Gasteiger partial charge in [-0.1, -0.05) is 6.92 Å². The van der Waals surface area contributed by atoms with E-state index >= 15 is 0 Å². The van der Waals surface area contributed by atoms with Crippen LogP contribution in [0.5, 0.6) is 5.75 Å². The van der Waals surface area contributed by atoms with Gasteiger partial charge in [-0.05, 0) is 52.9 Å². The first-order valence-electron chi connectivity index (χ1n) is 5.35. The number of carbonyl (C=O) groups excluding carboxylic acids is 1. The van der Waals surface area contributed by atoms with Gasteiger partial charge in [0.15, 0.2) is 0 Å². The number of benzene rings is 1. The zero-order valence-corrected chi connectivity index (χ0v) is 10.6. The largest absolute Gasteiger partial charge is 0.507 e. The molecule has 1 aromatic carbocycles. The fraction of sp³-hybridized carbons (Fsp3) is 0.417. The quantitative estimate of drug-likeness (QED) is 0.877. The van der Waals surface area contributed by atoms with E-state index in [0.29, 0.717) is 22.0 Å². The van der Waals surface area contributed by atoms with Crippen LogP contribution in [0.4, 0.5) is 0 Å². The third-order valence-electron chi connectivity index (χ3n) is 2.92. The van der Waals surface area contributed by atoms with E-state index in [0.717, 1.165) is 12.8 Å². The van der Waals surface area contributed by atoms with Crippen LogP contribution in [-0.4, -0.2) is 17.1 Å². The molecular formula is C12H14BrNO2. The van der Waals surface area contributed by atoms with Crippen molar-refractivity contribution in [2.45, 2.75) is 25.8 Å². The number of nitrogens with one attached hydrogen (secondary N) is 1. The minimum atomic E-state index is -0.111. The van der Waals surface area contributed by atoms with Gasteiger partial charge in [-0.2, -0.15) is 0 Å². The maximum atomic E-state index is 11.8. The van der Waals surface area contributed by atoms with Gasteiger partial charge in [0.1, 0.15) is 5.75 Å². The summed E-state index contributed by atoms with van der Waals surface area (Å²) in [7, 11) is 0. The predicted molar refractivity (Wildman–Crippen MR) is 65.5 cm³/mol. The Balaban J connectivity index is 2.01. The molecule has 1 aliphatic rings. The Labute approximate surface area is 103 Å². The minimum Gasteiger partial charge on any atom is -0.507 e. The zero-order chi connectivity index (χ0) is 11.7. The summed E-state index contributed by atoms with van der Waals surface area (Å²) >= 11 is 3.18. The van der Waals surface area contributed by atoms with Gasteiger partial charge in [0.25, 0.3) is 5.91 Å². The first kappa shape index (κ1) is 11.5. The van der Waals surface area contributed by atoms with E-state index in [1.165, 1.54) is 6.07 Å². The molecule has 1 amide bonds. The highest BCUT2D eigenvalue weighted by atomic mass is 79.9. The molecule has 0 aliphatic heterocycles. The van der Waals surface area contributed by atoms with E-state index < -0.39 is 0 Å². The summed E-state index contributed by atoms with van der Waals surface area (Å²) < 4.78 is 0.598. The van der Waals surface area contributed by atoms with Crippen LogP contribution in [-0.2, 0) is 0 Å². The topological polar surface area (TPSA) is 49.3 Å². The summed E-state index contributed by atoms with van der Waals surface area (Å²) in [5, 5.41) is 12.4. The predicted octanol–water partition coefficient (Wildman–Crippen LogP) is 2.68. The molecular weight excluding hydrogens is 270 g/mol. The fourth-order valence-electron chi connectivity index (χ4n) is 1.94. The number of amides is 1. The number of phenols is 1. The SMILES string of the molecule is CC1CC(NC(=O)c2ccc(Br)c(O)c2)C1. The molecule has 0 spiro atoms. The van der Waals surface area contributed by atoms with Gasteiger partial charge in [0.2, 0.25) is 0 Å². The van der Waals surface area contributed by atoms with Crippen molar-refractivity contribution in [2.24, 2.45) is 5.92 Å². The Bertz CT molecular complexity index is 413. The second kappa shape index (κ2) is 4.45. The van der Waals surface area contributed by atoms with Crippen LogP contribution in [0.25, 0.3) is 0 Å². The number of rotatable bonds is 2. The van der Waals surface area contributed by atoms with Crippen molar-refractivity contribution in [3.8, 4) is 5.75 Å². The molecule has 2 N–H and O–H groups in total. The Kier molecular flexibility index (Phi) is 3.19. The molecule has 4 heteroatoms. The highest BCUT2D eigenvalue weighted by Gasteiger charge is 2.26. The number of phenolic OH excluding ortho intramolecular Hbond substituents is 1. The van der Waals surface area contributed by atoms with E-state index in [-0.39, 0.29) is 11.7 Å². The van der Waals surface area contributed by atoms with Crippen molar-refractivity contribution in [2.75, 3.05) is 0 Å². The maximum absolute atomic E-state index is 11.8. The van der Waals surface area contributed by atoms with Crippen LogP contribution in [0.1, 0.15) is 30.1 Å². The second-order valence-corrected chi connectivity index (χ2v) is 5.27. The van der Waals surface area contributed by atoms with Crippen molar-refractivity contribution in [3.05, 3.63) is 28.2 Å². The van der Waals surface area contributed by atoms with E-state index in [4.69, 9.17) is 0 Å². The first-order chi connectivity index (χ1) is 7.56. The number of carbonyl (C=O) groups is 1. The van der Waals surface area contributed by atoms with Crippen LogP contribution < -0.4 is 5.32 Å². The van der Waals surface area contributed by atoms with Crippen molar-refractivity contribution in [3.63, 3.8) is 0 Å². The summed E-state index contributed by atoms with van der Waals surface area (Å²) in [6.45, 7) is 2.17. The Morgan fingerprint density at radius 3 is 2.75 bits per heavy atom. The Morgan fingerprint density at radius 1 is 1.50 bits per heavy atom. The third-order valence-corrected chi connectivity index (χ3v) is 3.59. The molecule has 0 saturated heterocycles. The smallest absolute Gasteiger partial charge is 0.251 e. The van der Waals surface area contributed by atoms with Crippen LogP contribution in [0, 0.1) is 5.92 Å². The highest BCUT2D eigenvalue weighted by molar-refractivity contribution is 9.10. The van der Waals surface area contributed by atoms with Gasteiger partial charge < -0.3 is 10.4 Å². The van der Waals surface area contributed by atoms with Crippen LogP contribution in [0.2, 0.25) is 0 Å². The van der Waals surface area contributed by atoms with Crippen molar-refractivity contribution in [1.82, 2.24) is 5.32 Å².